The van der Waals surface area contributed by atoms with Gasteiger partial charge in [-0.3, -0.25) is 0 Å². The van der Waals surface area contributed by atoms with Crippen LogP contribution in [0.3, 0.4) is 0 Å². The number of rotatable bonds is 1. The summed E-state index contributed by atoms with van der Waals surface area (Å²) < 4.78 is 0. The number of hydrogen-bond donors (Lipinski definition) is 1. The van der Waals surface area contributed by atoms with Gasteiger partial charge in [0.15, 0.2) is 0 Å². The molecule has 2 aromatic carbocycles. The van der Waals surface area contributed by atoms with Crippen molar-refractivity contribution < 1.29 is 0 Å². The van der Waals surface area contributed by atoms with Gasteiger partial charge in [0, 0.05) is 5.69 Å². The summed E-state index contributed by atoms with van der Waals surface area (Å²) in [6, 6.07) is 10.7. The molecule has 2 N–H and O–H groups in total. The molecule has 1 heteroatoms. The van der Waals surface area contributed by atoms with Crippen LogP contribution in [0.2, 0.25) is 0 Å². The summed E-state index contributed by atoms with van der Waals surface area (Å²) in [7, 11) is 0. The van der Waals surface area contributed by atoms with E-state index >= 15 is 0 Å². The average molecular weight is 225 g/mol. The second-order valence-corrected chi connectivity index (χ2v) is 4.85. The summed E-state index contributed by atoms with van der Waals surface area (Å²) in [5.74, 6) is 0. The Morgan fingerprint density at radius 3 is 1.88 bits per heavy atom. The van der Waals surface area contributed by atoms with Crippen LogP contribution in [-0.4, -0.2) is 0 Å². The molecule has 2 rings (SSSR count). The maximum absolute atomic E-state index is 5.99. The summed E-state index contributed by atoms with van der Waals surface area (Å²) in [5.41, 5.74) is 14.4. The van der Waals surface area contributed by atoms with E-state index in [2.05, 4.69) is 51.1 Å². The first kappa shape index (κ1) is 11.7. The molecule has 0 aliphatic heterocycles. The van der Waals surface area contributed by atoms with E-state index in [-0.39, 0.29) is 0 Å². The Hall–Kier alpha value is -1.76. The number of benzene rings is 2. The minimum Gasteiger partial charge on any atom is -0.398 e. The van der Waals surface area contributed by atoms with Crippen molar-refractivity contribution in [3.8, 4) is 11.1 Å². The highest BCUT2D eigenvalue weighted by atomic mass is 14.6. The molecule has 2 aromatic rings. The Bertz CT molecular complexity index is 545. The monoisotopic (exact) mass is 225 g/mol. The predicted octanol–water partition coefficient (Wildman–Crippen LogP) is 4.17. The Morgan fingerprint density at radius 1 is 0.765 bits per heavy atom. The fourth-order valence-electron chi connectivity index (χ4n) is 2.43. The van der Waals surface area contributed by atoms with E-state index < -0.39 is 0 Å². The van der Waals surface area contributed by atoms with Gasteiger partial charge in [-0.15, -0.1) is 0 Å². The number of anilines is 1. The molecular weight excluding hydrogens is 206 g/mol. The van der Waals surface area contributed by atoms with Crippen LogP contribution < -0.4 is 5.73 Å². The van der Waals surface area contributed by atoms with Crippen LogP contribution in [-0.2, 0) is 0 Å². The maximum atomic E-state index is 5.99. The van der Waals surface area contributed by atoms with E-state index in [9.17, 15) is 0 Å². The van der Waals surface area contributed by atoms with E-state index in [1.807, 2.05) is 6.92 Å². The number of hydrogen-bond acceptors (Lipinski definition) is 1. The van der Waals surface area contributed by atoms with E-state index in [0.717, 1.165) is 11.3 Å². The first-order valence-electron chi connectivity index (χ1n) is 5.93. The third kappa shape index (κ3) is 2.19. The molecule has 17 heavy (non-hydrogen) atoms. The van der Waals surface area contributed by atoms with E-state index in [4.69, 9.17) is 5.73 Å². The number of nitrogen functional groups attached to an aromatic ring is 1. The zero-order chi connectivity index (χ0) is 12.6. The van der Waals surface area contributed by atoms with Crippen LogP contribution in [0.25, 0.3) is 11.1 Å². The van der Waals surface area contributed by atoms with Crippen LogP contribution >= 0.6 is 0 Å². The third-order valence-corrected chi connectivity index (χ3v) is 3.24. The summed E-state index contributed by atoms with van der Waals surface area (Å²) in [4.78, 5) is 0. The lowest BCUT2D eigenvalue weighted by atomic mass is 9.93. The van der Waals surface area contributed by atoms with Crippen molar-refractivity contribution in [3.63, 3.8) is 0 Å². The van der Waals surface area contributed by atoms with E-state index in [0.29, 0.717) is 0 Å². The number of nitrogens with two attached hydrogens (primary N) is 1. The quantitative estimate of drug-likeness (QED) is 0.724. The molecule has 0 bridgehead atoms. The lowest BCUT2D eigenvalue weighted by Crippen LogP contribution is -1.93. The van der Waals surface area contributed by atoms with Gasteiger partial charge in [-0.1, -0.05) is 29.8 Å². The lowest BCUT2D eigenvalue weighted by Gasteiger charge is -2.13. The molecule has 0 heterocycles. The molecule has 0 saturated carbocycles. The highest BCUT2D eigenvalue weighted by molar-refractivity contribution is 5.74. The van der Waals surface area contributed by atoms with Gasteiger partial charge in [-0.25, -0.2) is 0 Å². The van der Waals surface area contributed by atoms with Gasteiger partial charge in [0.1, 0.15) is 0 Å². The Labute approximate surface area is 103 Å². The molecule has 88 valence electrons. The molecule has 0 spiro atoms. The van der Waals surface area contributed by atoms with Crippen molar-refractivity contribution in [3.05, 3.63) is 52.6 Å². The van der Waals surface area contributed by atoms with E-state index in [1.165, 1.54) is 27.8 Å². The van der Waals surface area contributed by atoms with Gasteiger partial charge in [-0.2, -0.15) is 0 Å². The summed E-state index contributed by atoms with van der Waals surface area (Å²) in [6.07, 6.45) is 0. The minimum atomic E-state index is 0.863. The van der Waals surface area contributed by atoms with E-state index in [1.54, 1.807) is 0 Å². The zero-order valence-corrected chi connectivity index (χ0v) is 11.0. The molecule has 0 atom stereocenters. The van der Waals surface area contributed by atoms with Gasteiger partial charge in [0.2, 0.25) is 0 Å². The topological polar surface area (TPSA) is 26.0 Å². The Balaban J connectivity index is 2.64. The molecule has 0 radical (unpaired) electrons. The van der Waals surface area contributed by atoms with Gasteiger partial charge in [-0.05, 0) is 61.6 Å². The summed E-state index contributed by atoms with van der Waals surface area (Å²) in [5, 5.41) is 0. The Morgan fingerprint density at radius 2 is 1.35 bits per heavy atom. The first-order valence-corrected chi connectivity index (χ1v) is 5.93. The van der Waals surface area contributed by atoms with Gasteiger partial charge < -0.3 is 5.73 Å². The SMILES string of the molecule is Cc1cc(C)c(-c2ccc(C)c(N)c2)c(C)c1. The summed E-state index contributed by atoms with van der Waals surface area (Å²) >= 11 is 0. The fourth-order valence-corrected chi connectivity index (χ4v) is 2.43. The molecule has 0 fully saturated rings. The Kier molecular flexibility index (Phi) is 2.93. The molecule has 0 aliphatic rings. The maximum Gasteiger partial charge on any atom is 0.0349 e. The number of aryl methyl sites for hydroxylation is 4. The van der Waals surface area contributed by atoms with Crippen molar-refractivity contribution in [2.75, 3.05) is 5.73 Å². The second-order valence-electron chi connectivity index (χ2n) is 4.85. The van der Waals surface area contributed by atoms with Crippen molar-refractivity contribution in [2.45, 2.75) is 27.7 Å². The van der Waals surface area contributed by atoms with Gasteiger partial charge in [0.25, 0.3) is 0 Å². The first-order chi connectivity index (χ1) is 7.99. The van der Waals surface area contributed by atoms with Gasteiger partial charge in [0.05, 0.1) is 0 Å². The zero-order valence-electron chi connectivity index (χ0n) is 11.0. The lowest BCUT2D eigenvalue weighted by molar-refractivity contribution is 1.32. The highest BCUT2D eigenvalue weighted by Gasteiger charge is 2.07. The largest absolute Gasteiger partial charge is 0.398 e. The van der Waals surface area contributed by atoms with Gasteiger partial charge >= 0.3 is 0 Å². The minimum absolute atomic E-state index is 0.863. The standard InChI is InChI=1S/C16H19N/c1-10-7-12(3)16(13(4)8-10)14-6-5-11(2)15(17)9-14/h5-9H,17H2,1-4H3. The molecule has 1 nitrogen and oxygen atoms in total. The molecule has 0 aliphatic carbocycles. The molecule has 0 unspecified atom stereocenters. The third-order valence-electron chi connectivity index (χ3n) is 3.24. The fraction of sp³-hybridized carbons (Fsp3) is 0.250. The van der Waals surface area contributed by atoms with Crippen molar-refractivity contribution in [1.29, 1.82) is 0 Å². The molecular formula is C16H19N. The van der Waals surface area contributed by atoms with Crippen molar-refractivity contribution in [1.82, 2.24) is 0 Å². The average Bonchev–Trinajstić information content (AvgIpc) is 2.21. The van der Waals surface area contributed by atoms with Crippen molar-refractivity contribution >= 4 is 5.69 Å². The second kappa shape index (κ2) is 4.25. The van der Waals surface area contributed by atoms with Crippen LogP contribution in [0, 0.1) is 27.7 Å². The molecule has 0 aromatic heterocycles. The molecule has 0 amide bonds. The highest BCUT2D eigenvalue weighted by Crippen LogP contribution is 2.30. The van der Waals surface area contributed by atoms with Crippen LogP contribution in [0.1, 0.15) is 22.3 Å². The van der Waals surface area contributed by atoms with Crippen molar-refractivity contribution in [2.24, 2.45) is 0 Å². The summed E-state index contributed by atoms with van der Waals surface area (Å²) in [6.45, 7) is 8.48. The van der Waals surface area contributed by atoms with Crippen LogP contribution in [0.5, 0.6) is 0 Å². The normalized spacial score (nSPS) is 10.6. The predicted molar refractivity (Wildman–Crippen MR) is 75.2 cm³/mol. The van der Waals surface area contributed by atoms with Crippen LogP contribution in [0.15, 0.2) is 30.3 Å². The molecule has 0 saturated heterocycles. The van der Waals surface area contributed by atoms with Crippen LogP contribution in [0.4, 0.5) is 5.69 Å². The smallest absolute Gasteiger partial charge is 0.0349 e.